The van der Waals surface area contributed by atoms with Gasteiger partial charge >= 0.3 is 0 Å². The lowest BCUT2D eigenvalue weighted by Crippen LogP contribution is -2.48. The van der Waals surface area contributed by atoms with Crippen LogP contribution in [0, 0.1) is 0 Å². The average molecular weight is 273 g/mol. The monoisotopic (exact) mass is 273 g/mol. The minimum Gasteiger partial charge on any atom is -0.508 e. The number of anilines is 1. The highest BCUT2D eigenvalue weighted by atomic mass is 16.5. The SMILES string of the molecule is O=C(c1ccon1)N1CCN(c2cccc(O)c2)CC1. The number of hydrogen-bond donors (Lipinski definition) is 1. The van der Waals surface area contributed by atoms with Gasteiger partial charge in [-0.25, -0.2) is 0 Å². The fraction of sp³-hybridized carbons (Fsp3) is 0.286. The summed E-state index contributed by atoms with van der Waals surface area (Å²) in [6.07, 6.45) is 1.40. The molecule has 1 aliphatic rings. The predicted molar refractivity (Wildman–Crippen MR) is 72.7 cm³/mol. The molecule has 20 heavy (non-hydrogen) atoms. The summed E-state index contributed by atoms with van der Waals surface area (Å²) in [5, 5.41) is 13.2. The van der Waals surface area contributed by atoms with Crippen molar-refractivity contribution < 1.29 is 14.4 Å². The van der Waals surface area contributed by atoms with Crippen molar-refractivity contribution in [3.8, 4) is 5.75 Å². The molecule has 3 rings (SSSR count). The Morgan fingerprint density at radius 2 is 2.00 bits per heavy atom. The number of piperazine rings is 1. The van der Waals surface area contributed by atoms with Crippen molar-refractivity contribution in [2.45, 2.75) is 0 Å². The molecule has 0 aliphatic carbocycles. The number of carbonyl (C=O) groups is 1. The minimum absolute atomic E-state index is 0.102. The van der Waals surface area contributed by atoms with Gasteiger partial charge in [-0.05, 0) is 12.1 Å². The summed E-state index contributed by atoms with van der Waals surface area (Å²) >= 11 is 0. The molecule has 1 aliphatic heterocycles. The normalized spacial score (nSPS) is 15.4. The third-order valence-corrected chi connectivity index (χ3v) is 3.42. The van der Waals surface area contributed by atoms with Crippen LogP contribution in [0.25, 0.3) is 0 Å². The Bertz CT molecular complexity index is 589. The molecule has 6 nitrogen and oxygen atoms in total. The Kier molecular flexibility index (Phi) is 3.28. The van der Waals surface area contributed by atoms with E-state index in [2.05, 4.69) is 10.1 Å². The lowest BCUT2D eigenvalue weighted by molar-refractivity contribution is 0.0736. The van der Waals surface area contributed by atoms with E-state index in [1.54, 1.807) is 23.1 Å². The van der Waals surface area contributed by atoms with Crippen LogP contribution < -0.4 is 4.90 Å². The average Bonchev–Trinajstić information content (AvgIpc) is 3.01. The van der Waals surface area contributed by atoms with Crippen molar-refractivity contribution in [1.82, 2.24) is 10.1 Å². The van der Waals surface area contributed by atoms with E-state index in [1.165, 1.54) is 6.26 Å². The fourth-order valence-electron chi connectivity index (χ4n) is 2.34. The lowest BCUT2D eigenvalue weighted by atomic mass is 10.2. The molecule has 1 N–H and O–H groups in total. The van der Waals surface area contributed by atoms with Gasteiger partial charge in [0.15, 0.2) is 5.69 Å². The summed E-state index contributed by atoms with van der Waals surface area (Å²) in [7, 11) is 0. The van der Waals surface area contributed by atoms with Gasteiger partial charge in [-0.1, -0.05) is 11.2 Å². The zero-order valence-corrected chi connectivity index (χ0v) is 10.9. The molecule has 0 atom stereocenters. The Morgan fingerprint density at radius 1 is 1.20 bits per heavy atom. The molecule has 2 aromatic rings. The number of carbonyl (C=O) groups excluding carboxylic acids is 1. The molecule has 1 aromatic heterocycles. The Labute approximate surface area is 116 Å². The van der Waals surface area contributed by atoms with Gasteiger partial charge in [0.2, 0.25) is 0 Å². The van der Waals surface area contributed by atoms with Gasteiger partial charge in [0.05, 0.1) is 0 Å². The van der Waals surface area contributed by atoms with Gasteiger partial charge in [0.1, 0.15) is 12.0 Å². The predicted octanol–water partition coefficient (Wildman–Crippen LogP) is 1.34. The first-order chi connectivity index (χ1) is 9.74. The van der Waals surface area contributed by atoms with Crippen LogP contribution in [0.1, 0.15) is 10.5 Å². The molecule has 6 heteroatoms. The summed E-state index contributed by atoms with van der Waals surface area (Å²) in [6, 6.07) is 8.72. The van der Waals surface area contributed by atoms with E-state index in [1.807, 2.05) is 12.1 Å². The van der Waals surface area contributed by atoms with Crippen LogP contribution in [0.2, 0.25) is 0 Å². The quantitative estimate of drug-likeness (QED) is 0.894. The Hall–Kier alpha value is -2.50. The zero-order valence-electron chi connectivity index (χ0n) is 10.9. The topological polar surface area (TPSA) is 69.8 Å². The fourth-order valence-corrected chi connectivity index (χ4v) is 2.34. The van der Waals surface area contributed by atoms with Gasteiger partial charge in [0, 0.05) is 44.0 Å². The molecule has 0 spiro atoms. The van der Waals surface area contributed by atoms with E-state index in [9.17, 15) is 9.90 Å². The smallest absolute Gasteiger partial charge is 0.276 e. The van der Waals surface area contributed by atoms with Crippen molar-refractivity contribution in [2.75, 3.05) is 31.1 Å². The lowest BCUT2D eigenvalue weighted by Gasteiger charge is -2.35. The number of benzene rings is 1. The third-order valence-electron chi connectivity index (χ3n) is 3.42. The first-order valence-electron chi connectivity index (χ1n) is 6.48. The maximum Gasteiger partial charge on any atom is 0.276 e. The number of phenolic OH excluding ortho intramolecular Hbond substituents is 1. The van der Waals surface area contributed by atoms with Gasteiger partial charge in [0.25, 0.3) is 5.91 Å². The van der Waals surface area contributed by atoms with E-state index < -0.39 is 0 Å². The van der Waals surface area contributed by atoms with Crippen LogP contribution in [-0.2, 0) is 0 Å². The maximum atomic E-state index is 12.1. The highest BCUT2D eigenvalue weighted by Crippen LogP contribution is 2.21. The first-order valence-corrected chi connectivity index (χ1v) is 6.48. The molecule has 0 unspecified atom stereocenters. The molecular formula is C14H15N3O3. The number of rotatable bonds is 2. The van der Waals surface area contributed by atoms with Crippen LogP contribution in [0.15, 0.2) is 41.1 Å². The molecule has 104 valence electrons. The van der Waals surface area contributed by atoms with Crippen molar-refractivity contribution >= 4 is 11.6 Å². The number of aromatic hydroxyl groups is 1. The summed E-state index contributed by atoms with van der Waals surface area (Å²) in [6.45, 7) is 2.71. The second kappa shape index (κ2) is 5.24. The highest BCUT2D eigenvalue weighted by molar-refractivity contribution is 5.92. The van der Waals surface area contributed by atoms with Crippen LogP contribution in [0.5, 0.6) is 5.75 Å². The Balaban J connectivity index is 1.64. The number of nitrogens with zero attached hydrogens (tertiary/aromatic N) is 3. The number of hydrogen-bond acceptors (Lipinski definition) is 5. The number of amides is 1. The summed E-state index contributed by atoms with van der Waals surface area (Å²) in [4.78, 5) is 16.0. The molecule has 1 fully saturated rings. The standard InChI is InChI=1S/C14H15N3O3/c18-12-3-1-2-11(10-12)16-5-7-17(8-6-16)14(19)13-4-9-20-15-13/h1-4,9-10,18H,5-8H2. The van der Waals surface area contributed by atoms with Crippen molar-refractivity contribution in [2.24, 2.45) is 0 Å². The molecule has 1 aromatic carbocycles. The summed E-state index contributed by atoms with van der Waals surface area (Å²) in [5.74, 6) is 0.151. The van der Waals surface area contributed by atoms with Gasteiger partial charge < -0.3 is 19.4 Å². The van der Waals surface area contributed by atoms with E-state index >= 15 is 0 Å². The van der Waals surface area contributed by atoms with Crippen LogP contribution in [0.3, 0.4) is 0 Å². The van der Waals surface area contributed by atoms with Crippen molar-refractivity contribution in [3.63, 3.8) is 0 Å². The number of aromatic nitrogens is 1. The molecule has 2 heterocycles. The maximum absolute atomic E-state index is 12.1. The van der Waals surface area contributed by atoms with Crippen LogP contribution in [0.4, 0.5) is 5.69 Å². The van der Waals surface area contributed by atoms with Crippen LogP contribution in [-0.4, -0.2) is 47.2 Å². The van der Waals surface area contributed by atoms with E-state index in [0.717, 1.165) is 18.8 Å². The van der Waals surface area contributed by atoms with Gasteiger partial charge in [-0.2, -0.15) is 0 Å². The van der Waals surface area contributed by atoms with Gasteiger partial charge in [-0.3, -0.25) is 4.79 Å². The molecule has 0 saturated carbocycles. The summed E-state index contributed by atoms with van der Waals surface area (Å²) < 4.78 is 4.69. The minimum atomic E-state index is -0.102. The molecular weight excluding hydrogens is 258 g/mol. The van der Waals surface area contributed by atoms with E-state index in [4.69, 9.17) is 4.52 Å². The molecule has 1 saturated heterocycles. The second-order valence-corrected chi connectivity index (χ2v) is 4.68. The molecule has 0 bridgehead atoms. The molecule has 0 radical (unpaired) electrons. The van der Waals surface area contributed by atoms with E-state index in [0.29, 0.717) is 18.8 Å². The van der Waals surface area contributed by atoms with Crippen molar-refractivity contribution in [1.29, 1.82) is 0 Å². The zero-order chi connectivity index (χ0) is 13.9. The second-order valence-electron chi connectivity index (χ2n) is 4.68. The van der Waals surface area contributed by atoms with Crippen molar-refractivity contribution in [3.05, 3.63) is 42.3 Å². The third kappa shape index (κ3) is 2.45. The Morgan fingerprint density at radius 3 is 2.65 bits per heavy atom. The number of phenols is 1. The first kappa shape index (κ1) is 12.5. The van der Waals surface area contributed by atoms with Crippen LogP contribution >= 0.6 is 0 Å². The van der Waals surface area contributed by atoms with E-state index in [-0.39, 0.29) is 11.7 Å². The molecule has 1 amide bonds. The summed E-state index contributed by atoms with van der Waals surface area (Å²) in [5.41, 5.74) is 1.31. The highest BCUT2D eigenvalue weighted by Gasteiger charge is 2.23. The largest absolute Gasteiger partial charge is 0.508 e. The van der Waals surface area contributed by atoms with Gasteiger partial charge in [-0.15, -0.1) is 0 Å².